The molecule has 0 saturated carbocycles. The van der Waals surface area contributed by atoms with E-state index in [4.69, 9.17) is 0 Å². The Morgan fingerprint density at radius 1 is 0.758 bits per heavy atom. The summed E-state index contributed by atoms with van der Waals surface area (Å²) in [5.74, 6) is 0. The fraction of sp³-hybridized carbons (Fsp3) is 0.0312. The highest BCUT2D eigenvalue weighted by molar-refractivity contribution is 6.22. The van der Waals surface area contributed by atoms with E-state index in [2.05, 4.69) is 103 Å². The Hall–Kier alpha value is -4.41. The minimum absolute atomic E-state index is 0.990. The van der Waals surface area contributed by atoms with Crippen LogP contribution in [0.1, 0.15) is 12.5 Å². The Balaban J connectivity index is 1.88. The number of aromatic nitrogens is 1. The minimum atomic E-state index is 0.990. The van der Waals surface area contributed by atoms with Crippen molar-refractivity contribution in [3.05, 3.63) is 134 Å². The maximum absolute atomic E-state index is 4.38. The third-order valence-electron chi connectivity index (χ3n) is 5.99. The lowest BCUT2D eigenvalue weighted by Gasteiger charge is -2.19. The molecule has 1 aromatic heterocycles. The number of nitrogens with zero attached hydrogens (tertiary/aromatic N) is 1. The lowest BCUT2D eigenvalue weighted by Crippen LogP contribution is -1.94. The van der Waals surface area contributed by atoms with Gasteiger partial charge in [-0.15, -0.1) is 0 Å². The standard InChI is InChI=1S/C32H24N/c1-3-4-5-12-23(2)25-13-6-7-14-26(25)32-29-17-10-8-15-27(29)31(24-19-21-33-22-20-24)28-16-9-11-18-30(28)32/h3-21H,2H2,1H3/q+1/b4-3-,12-5-. The molecule has 5 aromatic rings. The van der Waals surface area contributed by atoms with E-state index < -0.39 is 0 Å². The molecule has 0 N–H and O–H groups in total. The molecule has 5 rings (SSSR count). The average molecular weight is 423 g/mol. The molecule has 1 heterocycles. The Kier molecular flexibility index (Phi) is 5.58. The summed E-state index contributed by atoms with van der Waals surface area (Å²) in [6.07, 6.45) is 13.0. The topological polar surface area (TPSA) is 14.1 Å². The largest absolute Gasteiger partial charge is 0.312 e. The molecule has 0 radical (unpaired) electrons. The van der Waals surface area contributed by atoms with E-state index in [-0.39, 0.29) is 0 Å². The highest BCUT2D eigenvalue weighted by Crippen LogP contribution is 2.44. The third-order valence-corrected chi connectivity index (χ3v) is 5.99. The molecule has 0 bridgehead atoms. The molecule has 0 unspecified atom stereocenters. The van der Waals surface area contributed by atoms with Gasteiger partial charge in [0, 0.05) is 11.6 Å². The van der Waals surface area contributed by atoms with Crippen LogP contribution in [-0.2, 0) is 0 Å². The third kappa shape index (κ3) is 3.73. The normalized spacial score (nSPS) is 11.4. The molecule has 1 nitrogen and oxygen atoms in total. The van der Waals surface area contributed by atoms with Gasteiger partial charge in [-0.2, -0.15) is 0 Å². The van der Waals surface area contributed by atoms with Gasteiger partial charge in [0.25, 0.3) is 0 Å². The first-order valence-corrected chi connectivity index (χ1v) is 11.1. The van der Waals surface area contributed by atoms with Crippen molar-refractivity contribution in [2.75, 3.05) is 0 Å². The van der Waals surface area contributed by atoms with Crippen LogP contribution in [-0.4, -0.2) is 0 Å². The zero-order chi connectivity index (χ0) is 22.6. The number of benzene rings is 4. The summed E-state index contributed by atoms with van der Waals surface area (Å²) >= 11 is 0. The first kappa shape index (κ1) is 20.5. The SMILES string of the molecule is C=C(/C=C\C=C/C)c1ccccc1-c1c2ccccc2c(-c2cc#[n+]cc2)c2ccccc12. The molecule has 0 aliphatic carbocycles. The van der Waals surface area contributed by atoms with E-state index in [0.717, 1.165) is 16.7 Å². The Bertz CT molecular complexity index is 1460. The van der Waals surface area contributed by atoms with Crippen molar-refractivity contribution in [3.63, 3.8) is 0 Å². The Morgan fingerprint density at radius 2 is 1.36 bits per heavy atom. The van der Waals surface area contributed by atoms with Crippen molar-refractivity contribution < 1.29 is 4.98 Å². The molecule has 156 valence electrons. The molecule has 0 fully saturated rings. The second kappa shape index (κ2) is 8.99. The van der Waals surface area contributed by atoms with Crippen LogP contribution in [0.4, 0.5) is 0 Å². The van der Waals surface area contributed by atoms with E-state index in [0.29, 0.717) is 0 Å². The van der Waals surface area contributed by atoms with E-state index in [1.54, 1.807) is 0 Å². The van der Waals surface area contributed by atoms with Crippen LogP contribution in [0.5, 0.6) is 0 Å². The number of hydrogen-bond donors (Lipinski definition) is 0. The summed E-state index contributed by atoms with van der Waals surface area (Å²) in [7, 11) is 0. The van der Waals surface area contributed by atoms with Crippen LogP contribution in [0.25, 0.3) is 49.4 Å². The molecule has 0 aliphatic heterocycles. The van der Waals surface area contributed by atoms with Crippen molar-refractivity contribution >= 4 is 27.1 Å². The van der Waals surface area contributed by atoms with Crippen LogP contribution in [0.15, 0.2) is 122 Å². The molecule has 0 spiro atoms. The van der Waals surface area contributed by atoms with Crippen LogP contribution < -0.4 is 4.98 Å². The molecule has 0 atom stereocenters. The number of fused-ring (bicyclic) bond motifs is 2. The summed E-state index contributed by atoms with van der Waals surface area (Å²) in [5, 5.41) is 4.88. The summed E-state index contributed by atoms with van der Waals surface area (Å²) in [6.45, 7) is 6.39. The van der Waals surface area contributed by atoms with Gasteiger partial charge in [0.15, 0.2) is 0 Å². The molecule has 0 amide bonds. The van der Waals surface area contributed by atoms with Gasteiger partial charge in [0.2, 0.25) is 0 Å². The Labute approximate surface area is 195 Å². The van der Waals surface area contributed by atoms with Crippen LogP contribution >= 0.6 is 0 Å². The first-order valence-electron chi connectivity index (χ1n) is 11.1. The average Bonchev–Trinajstić information content (AvgIpc) is 2.88. The summed E-state index contributed by atoms with van der Waals surface area (Å²) in [4.78, 5) is 4.11. The maximum atomic E-state index is 4.38. The van der Waals surface area contributed by atoms with E-state index in [1.807, 2.05) is 37.4 Å². The fourth-order valence-corrected chi connectivity index (χ4v) is 4.55. The van der Waals surface area contributed by atoms with E-state index in [1.165, 1.54) is 38.2 Å². The van der Waals surface area contributed by atoms with Gasteiger partial charge >= 0.3 is 12.4 Å². The monoisotopic (exact) mass is 422 g/mol. The van der Waals surface area contributed by atoms with Crippen LogP contribution in [0, 0.1) is 6.20 Å². The van der Waals surface area contributed by atoms with Crippen molar-refractivity contribution in [2.45, 2.75) is 6.92 Å². The number of rotatable bonds is 5. The lowest BCUT2D eigenvalue weighted by atomic mass is 9.84. The van der Waals surface area contributed by atoms with E-state index >= 15 is 0 Å². The first-order chi connectivity index (χ1) is 16.3. The summed E-state index contributed by atoms with van der Waals surface area (Å²) in [6, 6.07) is 29.9. The van der Waals surface area contributed by atoms with Gasteiger partial charge in [0.05, 0.1) is 6.07 Å². The van der Waals surface area contributed by atoms with Gasteiger partial charge in [-0.3, -0.25) is 0 Å². The molecule has 4 aromatic carbocycles. The highest BCUT2D eigenvalue weighted by Gasteiger charge is 2.18. The van der Waals surface area contributed by atoms with Gasteiger partial charge in [-0.1, -0.05) is 104 Å². The smallest absolute Gasteiger partial charge is 0.0911 e. The lowest BCUT2D eigenvalue weighted by molar-refractivity contribution is -0.293. The van der Waals surface area contributed by atoms with Crippen LogP contribution in [0.2, 0.25) is 0 Å². The number of allylic oxidation sites excluding steroid dienone is 5. The quantitative estimate of drug-likeness (QED) is 0.208. The zero-order valence-corrected chi connectivity index (χ0v) is 18.6. The van der Waals surface area contributed by atoms with Gasteiger partial charge in [-0.25, -0.2) is 0 Å². The molecule has 0 saturated heterocycles. The zero-order valence-electron chi connectivity index (χ0n) is 18.6. The fourth-order valence-electron chi connectivity index (χ4n) is 4.55. The van der Waals surface area contributed by atoms with E-state index in [9.17, 15) is 0 Å². The van der Waals surface area contributed by atoms with Crippen molar-refractivity contribution in [1.82, 2.24) is 0 Å². The predicted molar refractivity (Wildman–Crippen MR) is 140 cm³/mol. The molecule has 0 aliphatic rings. The minimum Gasteiger partial charge on any atom is -0.0911 e. The Morgan fingerprint density at radius 3 is 1.97 bits per heavy atom. The van der Waals surface area contributed by atoms with Crippen molar-refractivity contribution in [3.8, 4) is 22.3 Å². The number of hydrogen-bond acceptors (Lipinski definition) is 0. The second-order valence-electron chi connectivity index (χ2n) is 7.97. The predicted octanol–water partition coefficient (Wildman–Crippen LogP) is 7.87. The maximum Gasteiger partial charge on any atom is 0.312 e. The van der Waals surface area contributed by atoms with Gasteiger partial charge in [-0.05, 0) is 61.3 Å². The second-order valence-corrected chi connectivity index (χ2v) is 7.97. The summed E-state index contributed by atoms with van der Waals surface area (Å²) in [5.41, 5.74) is 6.89. The molecular formula is C32H24N+. The van der Waals surface area contributed by atoms with Crippen molar-refractivity contribution in [2.24, 2.45) is 0 Å². The van der Waals surface area contributed by atoms with Crippen molar-refractivity contribution in [1.29, 1.82) is 0 Å². The molecular weight excluding hydrogens is 398 g/mol. The molecule has 33 heavy (non-hydrogen) atoms. The van der Waals surface area contributed by atoms with Gasteiger partial charge < -0.3 is 0 Å². The van der Waals surface area contributed by atoms with Gasteiger partial charge in [0.1, 0.15) is 0 Å². The van der Waals surface area contributed by atoms with Crippen LogP contribution in [0.3, 0.4) is 0 Å². The molecule has 1 heteroatoms. The highest BCUT2D eigenvalue weighted by atomic mass is 14.5. The summed E-state index contributed by atoms with van der Waals surface area (Å²) < 4.78 is 0.